The first-order valence-corrected chi connectivity index (χ1v) is 8.66. The zero-order valence-electron chi connectivity index (χ0n) is 15.1. The minimum absolute atomic E-state index is 0.0146. The molecule has 1 saturated heterocycles. The van der Waals surface area contributed by atoms with E-state index in [4.69, 9.17) is 10.00 Å². The number of carbonyl (C=O) groups is 2. The number of nitriles is 1. The Morgan fingerprint density at radius 2 is 1.96 bits per heavy atom. The summed E-state index contributed by atoms with van der Waals surface area (Å²) in [6.07, 6.45) is 0.119. The zero-order valence-corrected chi connectivity index (χ0v) is 15.1. The van der Waals surface area contributed by atoms with Crippen LogP contribution in [0.2, 0.25) is 0 Å². The molecule has 0 saturated carbocycles. The van der Waals surface area contributed by atoms with Crippen molar-refractivity contribution in [2.45, 2.75) is 26.3 Å². The highest BCUT2D eigenvalue weighted by molar-refractivity contribution is 5.85. The minimum atomic E-state index is -0.759. The third kappa shape index (κ3) is 4.33. The summed E-state index contributed by atoms with van der Waals surface area (Å²) in [6.45, 7) is 9.77. The van der Waals surface area contributed by atoms with Gasteiger partial charge in [0.15, 0.2) is 0 Å². The van der Waals surface area contributed by atoms with Crippen molar-refractivity contribution in [1.82, 2.24) is 10.6 Å². The normalized spacial score (nSPS) is 19.1. The lowest BCUT2D eigenvalue weighted by Gasteiger charge is -2.33. The van der Waals surface area contributed by atoms with Gasteiger partial charge in [-0.25, -0.2) is 4.79 Å². The molecule has 0 spiro atoms. The van der Waals surface area contributed by atoms with Crippen molar-refractivity contribution in [3.8, 4) is 6.07 Å². The van der Waals surface area contributed by atoms with E-state index in [1.165, 1.54) is 0 Å². The first-order valence-electron chi connectivity index (χ1n) is 8.66. The van der Waals surface area contributed by atoms with Gasteiger partial charge in [0.1, 0.15) is 12.5 Å². The predicted octanol–water partition coefficient (Wildman–Crippen LogP) is 2.47. The number of carbonyl (C=O) groups excluding carboxylic acids is 2. The lowest BCUT2D eigenvalue weighted by Crippen LogP contribution is -2.51. The van der Waals surface area contributed by atoms with Crippen molar-refractivity contribution in [2.24, 2.45) is 5.92 Å². The number of rotatable bonds is 7. The summed E-state index contributed by atoms with van der Waals surface area (Å²) in [6, 6.07) is 8.67. The van der Waals surface area contributed by atoms with Gasteiger partial charge in [0.2, 0.25) is 0 Å². The lowest BCUT2D eigenvalue weighted by atomic mass is 9.89. The molecule has 1 heterocycles. The van der Waals surface area contributed by atoms with Crippen LogP contribution in [0.5, 0.6) is 0 Å². The molecule has 0 radical (unpaired) electrons. The van der Waals surface area contributed by atoms with E-state index in [1.54, 1.807) is 0 Å². The number of nitrogens with one attached hydrogen (secondary N) is 2. The molecule has 0 bridgehead atoms. The summed E-state index contributed by atoms with van der Waals surface area (Å²) < 4.78 is 5.15. The summed E-state index contributed by atoms with van der Waals surface area (Å²) in [7, 11) is 0. The van der Waals surface area contributed by atoms with E-state index in [1.807, 2.05) is 30.3 Å². The maximum Gasteiger partial charge on any atom is 0.319 e. The average Bonchev–Trinajstić information content (AvgIpc) is 2.62. The zero-order chi connectivity index (χ0) is 19.1. The number of benzene rings is 1. The van der Waals surface area contributed by atoms with Crippen LogP contribution in [0.25, 0.3) is 0 Å². The lowest BCUT2D eigenvalue weighted by molar-refractivity contribution is -0.148. The molecule has 0 aromatic heterocycles. The molecular formula is C19H24N4O3. The second-order valence-corrected chi connectivity index (χ2v) is 5.92. The van der Waals surface area contributed by atoms with Gasteiger partial charge in [-0.05, 0) is 31.5 Å². The van der Waals surface area contributed by atoms with Crippen LogP contribution in [0.1, 0.15) is 31.9 Å². The molecule has 2 amide bonds. The van der Waals surface area contributed by atoms with E-state index in [0.717, 1.165) is 24.3 Å². The molecule has 7 nitrogen and oxygen atoms in total. The van der Waals surface area contributed by atoms with Crippen molar-refractivity contribution in [3.05, 3.63) is 42.1 Å². The molecular weight excluding hydrogens is 332 g/mol. The number of hydrogen-bond donors (Lipinski definition) is 2. The van der Waals surface area contributed by atoms with E-state index < -0.39 is 24.0 Å². The maximum absolute atomic E-state index is 12.4. The molecule has 1 aromatic rings. The molecule has 7 heteroatoms. The smallest absolute Gasteiger partial charge is 0.319 e. The van der Waals surface area contributed by atoms with Crippen LogP contribution in [0.15, 0.2) is 36.5 Å². The highest BCUT2D eigenvalue weighted by Gasteiger charge is 2.38. The van der Waals surface area contributed by atoms with Crippen LogP contribution in [0.3, 0.4) is 0 Å². The van der Waals surface area contributed by atoms with Gasteiger partial charge in [-0.1, -0.05) is 18.7 Å². The predicted molar refractivity (Wildman–Crippen MR) is 98.2 cm³/mol. The molecule has 1 aromatic carbocycles. The fraction of sp³-hybridized carbons (Fsp3) is 0.421. The maximum atomic E-state index is 12.4. The molecule has 1 aliphatic heterocycles. The number of nitrogens with zero attached hydrogens (tertiary/aromatic N) is 2. The topological polar surface area (TPSA) is 94.5 Å². The molecule has 138 valence electrons. The Hall–Kier alpha value is -3.01. The minimum Gasteiger partial charge on any atom is -0.464 e. The van der Waals surface area contributed by atoms with Gasteiger partial charge in [-0.3, -0.25) is 4.79 Å². The number of hydrogen-bond acceptors (Lipinski definition) is 5. The van der Waals surface area contributed by atoms with E-state index in [0.29, 0.717) is 0 Å². The third-order valence-electron chi connectivity index (χ3n) is 4.36. The Morgan fingerprint density at radius 3 is 2.54 bits per heavy atom. The Bertz CT molecular complexity index is 704. The first-order chi connectivity index (χ1) is 12.5. The fourth-order valence-electron chi connectivity index (χ4n) is 3.01. The molecule has 2 N–H and O–H groups in total. The van der Waals surface area contributed by atoms with Crippen molar-refractivity contribution >= 4 is 17.7 Å². The van der Waals surface area contributed by atoms with Crippen molar-refractivity contribution in [3.63, 3.8) is 0 Å². The fourth-order valence-corrected chi connectivity index (χ4v) is 3.01. The monoisotopic (exact) mass is 356 g/mol. The van der Waals surface area contributed by atoms with E-state index in [2.05, 4.69) is 36.0 Å². The number of anilines is 1. The number of urea groups is 1. The number of amides is 2. The van der Waals surface area contributed by atoms with Gasteiger partial charge in [-0.15, -0.1) is 0 Å². The van der Waals surface area contributed by atoms with Crippen molar-refractivity contribution in [2.75, 3.05) is 24.6 Å². The summed E-state index contributed by atoms with van der Waals surface area (Å²) in [5.41, 5.74) is 2.15. The van der Waals surface area contributed by atoms with Crippen molar-refractivity contribution in [1.29, 1.82) is 5.26 Å². The van der Waals surface area contributed by atoms with E-state index in [-0.39, 0.29) is 18.7 Å². The van der Waals surface area contributed by atoms with E-state index in [9.17, 15) is 9.59 Å². The van der Waals surface area contributed by atoms with E-state index >= 15 is 0 Å². The van der Waals surface area contributed by atoms with Gasteiger partial charge in [0.05, 0.1) is 18.5 Å². The Morgan fingerprint density at radius 1 is 1.31 bits per heavy atom. The molecule has 1 aliphatic rings. The highest BCUT2D eigenvalue weighted by Crippen LogP contribution is 2.31. The SMILES string of the molecule is C=C1NC(=O)N[C@@H](c2ccc(N(CC)CC)cc2)[C@H]1C(=O)OCCC#N. The summed E-state index contributed by atoms with van der Waals surface area (Å²) in [5, 5.41) is 13.9. The third-order valence-corrected chi connectivity index (χ3v) is 4.36. The average molecular weight is 356 g/mol. The molecule has 0 aliphatic carbocycles. The Balaban J connectivity index is 2.24. The Labute approximate surface area is 153 Å². The van der Waals surface area contributed by atoms with Crippen LogP contribution >= 0.6 is 0 Å². The van der Waals surface area contributed by atoms with Crippen LogP contribution in [0.4, 0.5) is 10.5 Å². The molecule has 1 fully saturated rings. The number of esters is 1. The molecule has 2 atom stereocenters. The van der Waals surface area contributed by atoms with Crippen molar-refractivity contribution < 1.29 is 14.3 Å². The largest absolute Gasteiger partial charge is 0.464 e. The van der Waals surface area contributed by atoms with Gasteiger partial charge in [0, 0.05) is 24.5 Å². The van der Waals surface area contributed by atoms with Gasteiger partial charge < -0.3 is 20.3 Å². The van der Waals surface area contributed by atoms with Gasteiger partial charge in [-0.2, -0.15) is 5.26 Å². The number of ether oxygens (including phenoxy) is 1. The molecule has 26 heavy (non-hydrogen) atoms. The summed E-state index contributed by atoms with van der Waals surface area (Å²) >= 11 is 0. The van der Waals surface area contributed by atoms with Crippen LogP contribution in [0, 0.1) is 17.2 Å². The first kappa shape index (κ1) is 19.3. The summed E-state index contributed by atoms with van der Waals surface area (Å²) in [4.78, 5) is 26.5. The van der Waals surface area contributed by atoms with Crippen LogP contribution in [-0.2, 0) is 9.53 Å². The second-order valence-electron chi connectivity index (χ2n) is 5.92. The van der Waals surface area contributed by atoms with Gasteiger partial charge in [0.25, 0.3) is 0 Å². The molecule has 2 rings (SSSR count). The summed E-state index contributed by atoms with van der Waals surface area (Å²) in [5.74, 6) is -1.28. The highest BCUT2D eigenvalue weighted by atomic mass is 16.5. The van der Waals surface area contributed by atoms with Crippen LogP contribution < -0.4 is 15.5 Å². The molecule has 0 unspecified atom stereocenters. The second kappa shape index (κ2) is 8.90. The van der Waals surface area contributed by atoms with Gasteiger partial charge >= 0.3 is 12.0 Å². The standard InChI is InChI=1S/C19H24N4O3/c1-4-23(5-2)15-9-7-14(8-10-15)17-16(13(3)21-19(25)22-17)18(24)26-12-6-11-20/h7-10,16-17H,3-6,12H2,1-2H3,(H2,21,22,25)/t16-,17-/m0/s1. The Kier molecular flexibility index (Phi) is 6.61. The quantitative estimate of drug-likeness (QED) is 0.578. The van der Waals surface area contributed by atoms with Crippen LogP contribution in [-0.4, -0.2) is 31.7 Å².